The van der Waals surface area contributed by atoms with Crippen LogP contribution in [-0.4, -0.2) is 13.2 Å². The van der Waals surface area contributed by atoms with Crippen molar-refractivity contribution in [2.75, 3.05) is 18.5 Å². The van der Waals surface area contributed by atoms with Crippen molar-refractivity contribution in [3.8, 4) is 18.1 Å². The number of fused-ring (bicyclic) bond motifs is 3. The Kier molecular flexibility index (Phi) is 4.57. The number of hydrogen-bond acceptors (Lipinski definition) is 3. The lowest BCUT2D eigenvalue weighted by molar-refractivity contribution is -0.0381. The highest BCUT2D eigenvalue weighted by molar-refractivity contribution is 6.30. The van der Waals surface area contributed by atoms with Crippen LogP contribution in [-0.2, 0) is 4.74 Å². The van der Waals surface area contributed by atoms with E-state index in [9.17, 15) is 0 Å². The van der Waals surface area contributed by atoms with E-state index < -0.39 is 0 Å². The maximum Gasteiger partial charge on any atom is 0.148 e. The summed E-state index contributed by atoms with van der Waals surface area (Å²) in [5, 5.41) is 4.44. The monoisotopic (exact) mass is 353 g/mol. The van der Waals surface area contributed by atoms with E-state index in [0.717, 1.165) is 35.9 Å². The zero-order valence-electron chi connectivity index (χ0n) is 13.9. The molecule has 128 valence electrons. The molecule has 0 saturated carbocycles. The van der Waals surface area contributed by atoms with E-state index in [0.29, 0.717) is 5.92 Å². The van der Waals surface area contributed by atoms with Gasteiger partial charge in [-0.25, -0.2) is 0 Å². The molecule has 2 heterocycles. The molecule has 1 N–H and O–H groups in total. The molecule has 3 nitrogen and oxygen atoms in total. The van der Waals surface area contributed by atoms with Crippen LogP contribution in [0, 0.1) is 18.3 Å². The third kappa shape index (κ3) is 3.20. The number of anilines is 1. The van der Waals surface area contributed by atoms with Crippen LogP contribution in [0.5, 0.6) is 5.75 Å². The van der Waals surface area contributed by atoms with Crippen molar-refractivity contribution in [3.63, 3.8) is 0 Å². The molecule has 4 rings (SSSR count). The Morgan fingerprint density at radius 2 is 2.08 bits per heavy atom. The van der Waals surface area contributed by atoms with E-state index in [1.165, 1.54) is 11.1 Å². The van der Waals surface area contributed by atoms with Gasteiger partial charge in [-0.2, -0.15) is 0 Å². The van der Waals surface area contributed by atoms with Crippen molar-refractivity contribution < 1.29 is 9.47 Å². The van der Waals surface area contributed by atoms with Gasteiger partial charge in [0, 0.05) is 28.8 Å². The van der Waals surface area contributed by atoms with E-state index in [1.54, 1.807) is 0 Å². The van der Waals surface area contributed by atoms with Gasteiger partial charge in [0.15, 0.2) is 0 Å². The largest absolute Gasteiger partial charge is 0.481 e. The molecule has 2 aromatic carbocycles. The molecular formula is C21H20ClNO2. The van der Waals surface area contributed by atoms with Gasteiger partial charge in [-0.3, -0.25) is 0 Å². The van der Waals surface area contributed by atoms with Gasteiger partial charge < -0.3 is 14.8 Å². The number of ether oxygens (including phenoxy) is 2. The molecular weight excluding hydrogens is 334 g/mol. The fourth-order valence-corrected chi connectivity index (χ4v) is 4.05. The summed E-state index contributed by atoms with van der Waals surface area (Å²) in [5.41, 5.74) is 3.50. The highest BCUT2D eigenvalue weighted by Crippen LogP contribution is 2.49. The van der Waals surface area contributed by atoms with E-state index in [-0.39, 0.29) is 18.8 Å². The fourth-order valence-electron chi connectivity index (χ4n) is 3.87. The number of hydrogen-bond donors (Lipinski definition) is 1. The second-order valence-electron chi connectivity index (χ2n) is 6.51. The maximum absolute atomic E-state index is 6.21. The molecule has 1 saturated heterocycles. The first-order chi connectivity index (χ1) is 12.3. The maximum atomic E-state index is 6.21. The van der Waals surface area contributed by atoms with Crippen molar-refractivity contribution >= 4 is 17.3 Å². The minimum Gasteiger partial charge on any atom is -0.481 e. The second-order valence-corrected chi connectivity index (χ2v) is 6.95. The molecule has 3 atom stereocenters. The summed E-state index contributed by atoms with van der Waals surface area (Å²) >= 11 is 6.21. The molecule has 0 bridgehead atoms. The molecule has 1 fully saturated rings. The summed E-state index contributed by atoms with van der Waals surface area (Å²) in [6.45, 7) is 1.09. The lowest BCUT2D eigenvalue weighted by atomic mass is 9.77. The molecule has 2 aliphatic rings. The summed E-state index contributed by atoms with van der Waals surface area (Å²) in [7, 11) is 0. The molecule has 0 aromatic heterocycles. The Labute approximate surface area is 153 Å². The standard InChI is InChI=1S/C21H20ClNO2/c1-2-11-24-16-8-5-14(6-9-16)20-17-4-3-12-25-21(17)18-13-15(22)7-10-19(18)23-20/h1,5-10,13,17,20-21,23H,3-4,11-12H2/t17-,20-,21-/m0/s1. The Hall–Kier alpha value is -2.15. The van der Waals surface area contributed by atoms with E-state index in [4.69, 9.17) is 27.5 Å². The topological polar surface area (TPSA) is 30.5 Å². The molecule has 2 aliphatic heterocycles. The minimum absolute atomic E-state index is 0.0890. The Bertz CT molecular complexity index is 797. The zero-order chi connectivity index (χ0) is 17.2. The quantitative estimate of drug-likeness (QED) is 0.789. The van der Waals surface area contributed by atoms with E-state index in [2.05, 4.69) is 23.4 Å². The van der Waals surface area contributed by atoms with Gasteiger partial charge >= 0.3 is 0 Å². The Morgan fingerprint density at radius 1 is 1.24 bits per heavy atom. The first-order valence-corrected chi connectivity index (χ1v) is 8.98. The Balaban J connectivity index is 1.65. The van der Waals surface area contributed by atoms with Gasteiger partial charge in [0.05, 0.1) is 12.1 Å². The number of terminal acetylenes is 1. The van der Waals surface area contributed by atoms with Gasteiger partial charge in [0.1, 0.15) is 12.4 Å². The normalized spacial score (nSPS) is 24.4. The molecule has 2 aromatic rings. The smallest absolute Gasteiger partial charge is 0.148 e. The molecule has 25 heavy (non-hydrogen) atoms. The van der Waals surface area contributed by atoms with Gasteiger partial charge in [0.2, 0.25) is 0 Å². The summed E-state index contributed by atoms with van der Waals surface area (Å²) in [6, 6.07) is 14.4. The van der Waals surface area contributed by atoms with E-state index >= 15 is 0 Å². The third-order valence-corrected chi connectivity index (χ3v) is 5.22. The summed E-state index contributed by atoms with van der Waals surface area (Å²) in [6.07, 6.45) is 7.54. The second kappa shape index (κ2) is 7.00. The van der Waals surface area contributed by atoms with Crippen LogP contribution in [0.3, 0.4) is 0 Å². The SMILES string of the molecule is C#CCOc1ccc([C@@H]2Nc3ccc(Cl)cc3[C@H]3OCCC[C@H]32)cc1. The molecule has 0 spiro atoms. The van der Waals surface area contributed by atoms with Crippen LogP contribution in [0.2, 0.25) is 5.02 Å². The fraction of sp³-hybridized carbons (Fsp3) is 0.333. The van der Waals surface area contributed by atoms with E-state index in [1.807, 2.05) is 30.3 Å². The molecule has 0 radical (unpaired) electrons. The number of halogens is 1. The van der Waals surface area contributed by atoms with Crippen molar-refractivity contribution in [2.24, 2.45) is 5.92 Å². The summed E-state index contributed by atoms with van der Waals surface area (Å²) < 4.78 is 11.6. The summed E-state index contributed by atoms with van der Waals surface area (Å²) in [4.78, 5) is 0. The van der Waals surface area contributed by atoms with Crippen LogP contribution in [0.1, 0.15) is 36.1 Å². The average molecular weight is 354 g/mol. The van der Waals surface area contributed by atoms with Crippen molar-refractivity contribution in [1.29, 1.82) is 0 Å². The van der Waals surface area contributed by atoms with Crippen LogP contribution in [0.25, 0.3) is 0 Å². The predicted octanol–water partition coefficient (Wildman–Crippen LogP) is 4.99. The van der Waals surface area contributed by atoms with Crippen LogP contribution >= 0.6 is 11.6 Å². The van der Waals surface area contributed by atoms with Gasteiger partial charge in [-0.1, -0.05) is 29.7 Å². The molecule has 4 heteroatoms. The first kappa shape index (κ1) is 16.3. The van der Waals surface area contributed by atoms with Gasteiger partial charge in [-0.15, -0.1) is 6.42 Å². The summed E-state index contributed by atoms with van der Waals surface area (Å²) in [5.74, 6) is 3.66. The van der Waals surface area contributed by atoms with Crippen molar-refractivity contribution in [2.45, 2.75) is 25.0 Å². The molecule has 0 unspecified atom stereocenters. The van der Waals surface area contributed by atoms with Crippen molar-refractivity contribution in [3.05, 3.63) is 58.6 Å². The highest BCUT2D eigenvalue weighted by atomic mass is 35.5. The molecule has 0 amide bonds. The third-order valence-electron chi connectivity index (χ3n) is 4.99. The number of nitrogens with one attached hydrogen (secondary N) is 1. The van der Waals surface area contributed by atoms with Gasteiger partial charge in [0.25, 0.3) is 0 Å². The van der Waals surface area contributed by atoms with Crippen molar-refractivity contribution in [1.82, 2.24) is 0 Å². The zero-order valence-corrected chi connectivity index (χ0v) is 14.6. The number of benzene rings is 2. The minimum atomic E-state index is 0.0890. The average Bonchev–Trinajstić information content (AvgIpc) is 2.66. The van der Waals surface area contributed by atoms with Crippen LogP contribution in [0.15, 0.2) is 42.5 Å². The highest BCUT2D eigenvalue weighted by Gasteiger charge is 2.39. The van der Waals surface area contributed by atoms with Gasteiger partial charge in [-0.05, 0) is 48.7 Å². The Morgan fingerprint density at radius 3 is 2.88 bits per heavy atom. The van der Waals surface area contributed by atoms with Crippen LogP contribution < -0.4 is 10.1 Å². The number of rotatable bonds is 3. The lowest BCUT2D eigenvalue weighted by Crippen LogP contribution is -2.35. The lowest BCUT2D eigenvalue weighted by Gasteiger charge is -2.43. The first-order valence-electron chi connectivity index (χ1n) is 8.60. The molecule has 0 aliphatic carbocycles. The predicted molar refractivity (Wildman–Crippen MR) is 100 cm³/mol. The van der Waals surface area contributed by atoms with Crippen LogP contribution in [0.4, 0.5) is 5.69 Å².